The van der Waals surface area contributed by atoms with Gasteiger partial charge in [-0.15, -0.1) is 0 Å². The van der Waals surface area contributed by atoms with E-state index in [1.54, 1.807) is 0 Å². The van der Waals surface area contributed by atoms with Crippen LogP contribution in [0.3, 0.4) is 0 Å². The molecule has 0 radical (unpaired) electrons. The van der Waals surface area contributed by atoms with Crippen LogP contribution in [0, 0.1) is 5.92 Å². The lowest BCUT2D eigenvalue weighted by Crippen LogP contribution is -2.38. The highest BCUT2D eigenvalue weighted by atomic mass is 16.5. The van der Waals surface area contributed by atoms with Crippen LogP contribution in [0.1, 0.15) is 17.8 Å². The molecule has 0 aliphatic carbocycles. The summed E-state index contributed by atoms with van der Waals surface area (Å²) in [6.45, 7) is 5.89. The quantitative estimate of drug-likeness (QED) is 0.836. The second-order valence-corrected chi connectivity index (χ2v) is 6.65. The summed E-state index contributed by atoms with van der Waals surface area (Å²) < 4.78 is 13.7. The molecule has 6 heteroatoms. The maximum Gasteiger partial charge on any atom is 0.0887 e. The van der Waals surface area contributed by atoms with Crippen molar-refractivity contribution in [3.8, 4) is 0 Å². The van der Waals surface area contributed by atoms with E-state index in [0.29, 0.717) is 18.6 Å². The number of ether oxygens (including phenoxy) is 2. The molecule has 128 valence electrons. The van der Waals surface area contributed by atoms with Crippen molar-refractivity contribution in [1.82, 2.24) is 19.7 Å². The van der Waals surface area contributed by atoms with Gasteiger partial charge in [0.25, 0.3) is 0 Å². The average molecular weight is 328 g/mol. The lowest BCUT2D eigenvalue weighted by atomic mass is 10.1. The monoisotopic (exact) mass is 328 g/mol. The normalized spacial score (nSPS) is 24.7. The molecule has 2 aromatic rings. The molecule has 2 aromatic heterocycles. The van der Waals surface area contributed by atoms with E-state index < -0.39 is 0 Å². The van der Waals surface area contributed by atoms with Gasteiger partial charge in [0.2, 0.25) is 0 Å². The van der Waals surface area contributed by atoms with Crippen LogP contribution < -0.4 is 0 Å². The van der Waals surface area contributed by atoms with Gasteiger partial charge in [-0.25, -0.2) is 0 Å². The van der Waals surface area contributed by atoms with E-state index >= 15 is 0 Å². The van der Waals surface area contributed by atoms with E-state index in [9.17, 15) is 0 Å². The third-order valence-electron chi connectivity index (χ3n) is 4.85. The summed E-state index contributed by atoms with van der Waals surface area (Å²) in [6.07, 6.45) is 4.83. The Kier molecular flexibility index (Phi) is 4.87. The molecule has 2 aliphatic heterocycles. The number of rotatable bonds is 5. The van der Waals surface area contributed by atoms with Crippen molar-refractivity contribution in [2.75, 3.05) is 26.4 Å². The maximum atomic E-state index is 5.96. The summed E-state index contributed by atoms with van der Waals surface area (Å²) in [5.41, 5.74) is 2.26. The lowest BCUT2D eigenvalue weighted by Gasteiger charge is -2.28. The number of aromatic nitrogens is 3. The predicted octanol–water partition coefficient (Wildman–Crippen LogP) is 1.72. The molecule has 2 aliphatic rings. The van der Waals surface area contributed by atoms with E-state index in [2.05, 4.69) is 25.7 Å². The third kappa shape index (κ3) is 3.66. The summed E-state index contributed by atoms with van der Waals surface area (Å²) in [5, 5.41) is 4.49. The van der Waals surface area contributed by atoms with Gasteiger partial charge < -0.3 is 9.47 Å². The zero-order chi connectivity index (χ0) is 16.2. The summed E-state index contributed by atoms with van der Waals surface area (Å²) >= 11 is 0. The van der Waals surface area contributed by atoms with E-state index in [1.807, 2.05) is 30.6 Å². The van der Waals surface area contributed by atoms with Gasteiger partial charge in [-0.1, -0.05) is 6.07 Å². The number of hydrogen-bond acceptors (Lipinski definition) is 5. The van der Waals surface area contributed by atoms with Crippen LogP contribution in [0.5, 0.6) is 0 Å². The fourth-order valence-electron chi connectivity index (χ4n) is 3.57. The molecule has 0 unspecified atom stereocenters. The Bertz CT molecular complexity index is 639. The summed E-state index contributed by atoms with van der Waals surface area (Å²) in [7, 11) is 0. The molecule has 4 heterocycles. The molecular formula is C18H24N4O2. The SMILES string of the molecule is c1ccc(COC[C@H]2CN([C@H]3CCOC3)Cc3ccnn3C2)nc1. The first-order valence-electron chi connectivity index (χ1n) is 8.68. The topological polar surface area (TPSA) is 52.4 Å². The summed E-state index contributed by atoms with van der Waals surface area (Å²) in [4.78, 5) is 6.86. The molecule has 0 amide bonds. The van der Waals surface area contributed by atoms with Crippen molar-refractivity contribution in [2.45, 2.75) is 32.2 Å². The van der Waals surface area contributed by atoms with Gasteiger partial charge in [-0.2, -0.15) is 5.10 Å². The van der Waals surface area contributed by atoms with Gasteiger partial charge in [0, 0.05) is 50.6 Å². The Morgan fingerprint density at radius 1 is 1.21 bits per heavy atom. The van der Waals surface area contributed by atoms with Crippen molar-refractivity contribution in [3.63, 3.8) is 0 Å². The number of pyridine rings is 1. The molecule has 4 rings (SSSR count). The fourth-order valence-corrected chi connectivity index (χ4v) is 3.57. The van der Waals surface area contributed by atoms with E-state index in [-0.39, 0.29) is 0 Å². The molecule has 0 aromatic carbocycles. The van der Waals surface area contributed by atoms with Crippen molar-refractivity contribution >= 4 is 0 Å². The molecule has 0 bridgehead atoms. The molecule has 0 spiro atoms. The Morgan fingerprint density at radius 3 is 3.04 bits per heavy atom. The maximum absolute atomic E-state index is 5.96. The van der Waals surface area contributed by atoms with Crippen LogP contribution in [0.25, 0.3) is 0 Å². The summed E-state index contributed by atoms with van der Waals surface area (Å²) in [5.74, 6) is 0.426. The zero-order valence-electron chi connectivity index (χ0n) is 13.9. The second-order valence-electron chi connectivity index (χ2n) is 6.65. The summed E-state index contributed by atoms with van der Waals surface area (Å²) in [6, 6.07) is 8.57. The highest BCUT2D eigenvalue weighted by Crippen LogP contribution is 2.22. The Hall–Kier alpha value is -1.76. The third-order valence-corrected chi connectivity index (χ3v) is 4.85. The average Bonchev–Trinajstić information content (AvgIpc) is 3.25. The van der Waals surface area contributed by atoms with Crippen LogP contribution >= 0.6 is 0 Å². The fraction of sp³-hybridized carbons (Fsp3) is 0.556. The first-order valence-corrected chi connectivity index (χ1v) is 8.68. The molecule has 1 saturated heterocycles. The number of hydrogen-bond donors (Lipinski definition) is 0. The van der Waals surface area contributed by atoms with Gasteiger partial charge in [-0.05, 0) is 24.6 Å². The molecule has 0 N–H and O–H groups in total. The highest BCUT2D eigenvalue weighted by molar-refractivity contribution is 5.04. The van der Waals surface area contributed by atoms with Crippen LogP contribution in [-0.4, -0.2) is 52.1 Å². The predicted molar refractivity (Wildman–Crippen MR) is 89.2 cm³/mol. The van der Waals surface area contributed by atoms with Gasteiger partial charge in [-0.3, -0.25) is 14.6 Å². The zero-order valence-corrected chi connectivity index (χ0v) is 13.9. The van der Waals surface area contributed by atoms with Crippen molar-refractivity contribution < 1.29 is 9.47 Å². The molecular weight excluding hydrogens is 304 g/mol. The molecule has 0 saturated carbocycles. The van der Waals surface area contributed by atoms with Gasteiger partial charge in [0.15, 0.2) is 0 Å². The minimum atomic E-state index is 0.426. The van der Waals surface area contributed by atoms with E-state index in [0.717, 1.165) is 51.6 Å². The molecule has 6 nitrogen and oxygen atoms in total. The largest absolute Gasteiger partial charge is 0.380 e. The van der Waals surface area contributed by atoms with Crippen LogP contribution in [0.15, 0.2) is 36.7 Å². The van der Waals surface area contributed by atoms with Crippen molar-refractivity contribution in [1.29, 1.82) is 0 Å². The molecule has 2 atom stereocenters. The second kappa shape index (κ2) is 7.42. The first-order chi connectivity index (χ1) is 11.9. The van der Waals surface area contributed by atoms with Gasteiger partial charge >= 0.3 is 0 Å². The Labute approximate surface area is 142 Å². The van der Waals surface area contributed by atoms with Gasteiger partial charge in [0.05, 0.1) is 31.2 Å². The molecule has 1 fully saturated rings. The number of nitrogens with zero attached hydrogens (tertiary/aromatic N) is 4. The minimum absolute atomic E-state index is 0.426. The Balaban J connectivity index is 1.39. The highest BCUT2D eigenvalue weighted by Gasteiger charge is 2.29. The van der Waals surface area contributed by atoms with E-state index in [1.165, 1.54) is 5.69 Å². The molecule has 24 heavy (non-hydrogen) atoms. The smallest absolute Gasteiger partial charge is 0.0887 e. The van der Waals surface area contributed by atoms with E-state index in [4.69, 9.17) is 9.47 Å². The van der Waals surface area contributed by atoms with Gasteiger partial charge in [0.1, 0.15) is 0 Å². The Morgan fingerprint density at radius 2 is 2.21 bits per heavy atom. The lowest BCUT2D eigenvalue weighted by molar-refractivity contribution is 0.0546. The standard InChI is InChI=1S/C18H24N4O2/c1-2-6-19-16(3-1)13-24-12-15-9-21(18-5-8-23-14-18)11-17-4-7-20-22(17)10-15/h1-4,6-7,15,18H,5,8-14H2/t15-,18-/m0/s1. The number of fused-ring (bicyclic) bond motifs is 1. The van der Waals surface area contributed by atoms with Crippen LogP contribution in [-0.2, 0) is 29.2 Å². The minimum Gasteiger partial charge on any atom is -0.380 e. The van der Waals surface area contributed by atoms with Crippen LogP contribution in [0.2, 0.25) is 0 Å². The first kappa shape index (κ1) is 15.7. The van der Waals surface area contributed by atoms with Crippen molar-refractivity contribution in [3.05, 3.63) is 48.0 Å². The van der Waals surface area contributed by atoms with Crippen molar-refractivity contribution in [2.24, 2.45) is 5.92 Å². The van der Waals surface area contributed by atoms with Crippen LogP contribution in [0.4, 0.5) is 0 Å².